The van der Waals surface area contributed by atoms with Crippen LogP contribution in [0.4, 0.5) is 0 Å². The van der Waals surface area contributed by atoms with Gasteiger partial charge >= 0.3 is 0 Å². The fourth-order valence-electron chi connectivity index (χ4n) is 2.69. The van der Waals surface area contributed by atoms with Crippen LogP contribution in [0, 0.1) is 20.8 Å². The minimum absolute atomic E-state index is 0.791. The molecule has 0 bridgehead atoms. The summed E-state index contributed by atoms with van der Waals surface area (Å²) >= 11 is 0. The highest BCUT2D eigenvalue weighted by molar-refractivity contribution is 5.89. The highest BCUT2D eigenvalue weighted by atomic mass is 15.0. The van der Waals surface area contributed by atoms with E-state index in [4.69, 9.17) is 0 Å². The van der Waals surface area contributed by atoms with Gasteiger partial charge in [-0.15, -0.1) is 0 Å². The van der Waals surface area contributed by atoms with Gasteiger partial charge in [-0.25, -0.2) is 9.55 Å². The Morgan fingerprint density at radius 3 is 2.65 bits per heavy atom. The van der Waals surface area contributed by atoms with Crippen molar-refractivity contribution in [2.75, 3.05) is 0 Å². The lowest BCUT2D eigenvalue weighted by molar-refractivity contribution is -0.662. The van der Waals surface area contributed by atoms with Crippen molar-refractivity contribution in [3.63, 3.8) is 0 Å². The van der Waals surface area contributed by atoms with Gasteiger partial charge in [0.15, 0.2) is 0 Å². The monoisotopic (exact) mass is 264 g/mol. The van der Waals surface area contributed by atoms with Crippen molar-refractivity contribution in [1.82, 2.24) is 9.97 Å². The number of nitrogens with zero attached hydrogens (tertiary/aromatic N) is 3. The van der Waals surface area contributed by atoms with Gasteiger partial charge in [0, 0.05) is 11.8 Å². The first-order valence-electron chi connectivity index (χ1n) is 6.75. The number of pyridine rings is 1. The van der Waals surface area contributed by atoms with E-state index >= 15 is 0 Å². The summed E-state index contributed by atoms with van der Waals surface area (Å²) in [6.07, 6.45) is 3.62. The van der Waals surface area contributed by atoms with Crippen LogP contribution in [0.15, 0.2) is 36.8 Å². The normalized spacial score (nSPS) is 11.0. The molecule has 0 fully saturated rings. The Hall–Kier alpha value is -2.29. The molecule has 100 valence electrons. The number of benzene rings is 1. The lowest BCUT2D eigenvalue weighted by Gasteiger charge is -2.11. The molecule has 0 aliphatic carbocycles. The molecule has 1 aromatic carbocycles. The van der Waals surface area contributed by atoms with E-state index in [-0.39, 0.29) is 0 Å². The second kappa shape index (κ2) is 4.67. The average Bonchev–Trinajstić information content (AvgIpc) is 2.43. The highest BCUT2D eigenvalue weighted by Crippen LogP contribution is 2.28. The molecule has 0 N–H and O–H groups in total. The number of hydrogen-bond donors (Lipinski definition) is 0. The standard InChI is InChI=1S/C17H18N3/c1-11-8-12(2)13(3)15(9-11)16-14-6-5-7-18-17(14)19-10-20(16)4/h5-10H,1-4H3/q+1. The van der Waals surface area contributed by atoms with Crippen molar-refractivity contribution in [3.05, 3.63) is 53.5 Å². The summed E-state index contributed by atoms with van der Waals surface area (Å²) < 4.78 is 2.07. The molecule has 0 atom stereocenters. The van der Waals surface area contributed by atoms with Gasteiger partial charge in [-0.1, -0.05) is 11.6 Å². The van der Waals surface area contributed by atoms with Crippen LogP contribution in [0.2, 0.25) is 0 Å². The summed E-state index contributed by atoms with van der Waals surface area (Å²) in [5.41, 5.74) is 7.12. The van der Waals surface area contributed by atoms with Crippen molar-refractivity contribution in [2.24, 2.45) is 7.05 Å². The summed E-state index contributed by atoms with van der Waals surface area (Å²) in [5, 5.41) is 1.09. The molecule has 0 saturated carbocycles. The SMILES string of the molecule is Cc1cc(C)c(C)c(-c2c3cccnc3nc[n+]2C)c1. The zero-order valence-electron chi connectivity index (χ0n) is 12.3. The largest absolute Gasteiger partial charge is 0.289 e. The lowest BCUT2D eigenvalue weighted by atomic mass is 9.96. The minimum Gasteiger partial charge on any atom is -0.232 e. The fourth-order valence-corrected chi connectivity index (χ4v) is 2.69. The van der Waals surface area contributed by atoms with Crippen LogP contribution in [-0.4, -0.2) is 9.97 Å². The van der Waals surface area contributed by atoms with Gasteiger partial charge in [-0.2, -0.15) is 0 Å². The molecule has 0 radical (unpaired) electrons. The molecule has 0 unspecified atom stereocenters. The first-order chi connectivity index (χ1) is 9.58. The van der Waals surface area contributed by atoms with Gasteiger partial charge < -0.3 is 0 Å². The van der Waals surface area contributed by atoms with Crippen LogP contribution >= 0.6 is 0 Å². The molecule has 0 spiro atoms. The molecular formula is C17H18N3+. The van der Waals surface area contributed by atoms with Crippen LogP contribution in [0.1, 0.15) is 16.7 Å². The Morgan fingerprint density at radius 1 is 1.05 bits per heavy atom. The van der Waals surface area contributed by atoms with Gasteiger partial charge in [0.05, 0.1) is 12.4 Å². The van der Waals surface area contributed by atoms with Crippen LogP contribution in [0.3, 0.4) is 0 Å². The smallest absolute Gasteiger partial charge is 0.232 e. The minimum atomic E-state index is 0.791. The Bertz CT molecular complexity index is 807. The zero-order chi connectivity index (χ0) is 14.3. The van der Waals surface area contributed by atoms with Gasteiger partial charge in [0.1, 0.15) is 5.69 Å². The van der Waals surface area contributed by atoms with E-state index in [1.54, 1.807) is 6.20 Å². The molecule has 3 rings (SSSR count). The molecule has 0 aliphatic heterocycles. The van der Waals surface area contributed by atoms with E-state index in [0.29, 0.717) is 0 Å². The predicted molar refractivity (Wildman–Crippen MR) is 80.4 cm³/mol. The molecule has 3 nitrogen and oxygen atoms in total. The number of aromatic nitrogens is 3. The second-order valence-electron chi connectivity index (χ2n) is 5.33. The summed E-state index contributed by atoms with van der Waals surface area (Å²) in [5.74, 6) is 0. The van der Waals surface area contributed by atoms with Gasteiger partial charge in [-0.3, -0.25) is 0 Å². The fraction of sp³-hybridized carbons (Fsp3) is 0.235. The molecular weight excluding hydrogens is 246 g/mol. The number of rotatable bonds is 1. The first kappa shape index (κ1) is 12.7. The highest BCUT2D eigenvalue weighted by Gasteiger charge is 2.17. The van der Waals surface area contributed by atoms with E-state index in [1.807, 2.05) is 19.4 Å². The predicted octanol–water partition coefficient (Wildman–Crippen LogP) is 3.05. The summed E-state index contributed by atoms with van der Waals surface area (Å²) in [6, 6.07) is 8.51. The van der Waals surface area contributed by atoms with E-state index < -0.39 is 0 Å². The third-order valence-electron chi connectivity index (χ3n) is 3.81. The summed E-state index contributed by atoms with van der Waals surface area (Å²) in [7, 11) is 2.03. The molecule has 0 aliphatic rings. The Kier molecular flexibility index (Phi) is 2.97. The van der Waals surface area contributed by atoms with Crippen LogP contribution in [-0.2, 0) is 7.05 Å². The Morgan fingerprint density at radius 2 is 1.85 bits per heavy atom. The summed E-state index contributed by atoms with van der Waals surface area (Å²) in [4.78, 5) is 8.75. The van der Waals surface area contributed by atoms with Crippen LogP contribution < -0.4 is 4.57 Å². The lowest BCUT2D eigenvalue weighted by Crippen LogP contribution is -2.32. The van der Waals surface area contributed by atoms with Crippen molar-refractivity contribution in [1.29, 1.82) is 0 Å². The van der Waals surface area contributed by atoms with E-state index in [0.717, 1.165) is 11.0 Å². The van der Waals surface area contributed by atoms with Crippen molar-refractivity contribution < 1.29 is 4.57 Å². The maximum Gasteiger partial charge on any atom is 0.289 e. The maximum atomic E-state index is 4.39. The van der Waals surface area contributed by atoms with Crippen molar-refractivity contribution in [3.8, 4) is 11.3 Å². The third-order valence-corrected chi connectivity index (χ3v) is 3.81. The van der Waals surface area contributed by atoms with Gasteiger partial charge in [-0.05, 0) is 55.1 Å². The van der Waals surface area contributed by atoms with E-state index in [2.05, 4.69) is 53.5 Å². The zero-order valence-corrected chi connectivity index (χ0v) is 12.3. The Balaban J connectivity index is 2.43. The number of fused-ring (bicyclic) bond motifs is 1. The summed E-state index contributed by atoms with van der Waals surface area (Å²) in [6.45, 7) is 6.47. The van der Waals surface area contributed by atoms with E-state index in [9.17, 15) is 0 Å². The van der Waals surface area contributed by atoms with Crippen molar-refractivity contribution in [2.45, 2.75) is 20.8 Å². The first-order valence-corrected chi connectivity index (χ1v) is 6.75. The Labute approximate surface area is 118 Å². The maximum absolute atomic E-state index is 4.39. The average molecular weight is 264 g/mol. The molecule has 0 saturated heterocycles. The van der Waals surface area contributed by atoms with Crippen LogP contribution in [0.25, 0.3) is 22.3 Å². The number of aryl methyl sites for hydroxylation is 3. The third kappa shape index (κ3) is 1.95. The van der Waals surface area contributed by atoms with E-state index in [1.165, 1.54) is 27.9 Å². The number of hydrogen-bond acceptors (Lipinski definition) is 2. The molecule has 2 aromatic heterocycles. The van der Waals surface area contributed by atoms with Gasteiger partial charge in [0.2, 0.25) is 0 Å². The van der Waals surface area contributed by atoms with Crippen LogP contribution in [0.5, 0.6) is 0 Å². The quantitative estimate of drug-likeness (QED) is 0.632. The molecule has 3 heteroatoms. The molecule has 3 aromatic rings. The van der Waals surface area contributed by atoms with Gasteiger partial charge in [0.25, 0.3) is 12.0 Å². The molecule has 20 heavy (non-hydrogen) atoms. The molecule has 0 amide bonds. The topological polar surface area (TPSA) is 29.7 Å². The second-order valence-corrected chi connectivity index (χ2v) is 5.33. The van der Waals surface area contributed by atoms with Crippen molar-refractivity contribution >= 4 is 11.0 Å². The molecule has 2 heterocycles.